The largest absolute Gasteiger partial charge is 0.367 e. The first kappa shape index (κ1) is 18.1. The molecule has 0 spiro atoms. The van der Waals surface area contributed by atoms with Crippen LogP contribution in [-0.4, -0.2) is 35.1 Å². The Balaban J connectivity index is 1.44. The second-order valence-electron chi connectivity index (χ2n) is 5.67. The predicted octanol–water partition coefficient (Wildman–Crippen LogP) is 2.57. The van der Waals surface area contributed by atoms with E-state index in [2.05, 4.69) is 26.1 Å². The van der Waals surface area contributed by atoms with E-state index in [0.717, 1.165) is 0 Å². The summed E-state index contributed by atoms with van der Waals surface area (Å²) in [6, 6.07) is 21.4. The van der Waals surface area contributed by atoms with Crippen LogP contribution in [0.5, 0.6) is 0 Å². The molecule has 7 nitrogen and oxygen atoms in total. The Kier molecular flexibility index (Phi) is 6.08. The number of nitrogens with zero attached hydrogens (tertiary/aromatic N) is 2. The quantitative estimate of drug-likeness (QED) is 0.562. The lowest BCUT2D eigenvalue weighted by Crippen LogP contribution is -2.28. The average molecular weight is 361 g/mol. The van der Waals surface area contributed by atoms with Crippen LogP contribution in [-0.2, 0) is 0 Å². The SMILES string of the molecule is O=C(NCCNc1ccc(C(=O)Nc2ccccc2)nn1)c1ccccc1. The highest BCUT2D eigenvalue weighted by Crippen LogP contribution is 2.08. The molecule has 1 aromatic heterocycles. The van der Waals surface area contributed by atoms with Gasteiger partial charge in [0, 0.05) is 24.3 Å². The summed E-state index contributed by atoms with van der Waals surface area (Å²) in [5.41, 5.74) is 1.54. The van der Waals surface area contributed by atoms with Crippen LogP contribution in [0.3, 0.4) is 0 Å². The minimum Gasteiger partial charge on any atom is -0.367 e. The van der Waals surface area contributed by atoms with Gasteiger partial charge >= 0.3 is 0 Å². The highest BCUT2D eigenvalue weighted by atomic mass is 16.2. The monoisotopic (exact) mass is 361 g/mol. The third-order valence-electron chi connectivity index (χ3n) is 3.68. The lowest BCUT2D eigenvalue weighted by molar-refractivity contribution is 0.0954. The Morgan fingerprint density at radius 1 is 0.741 bits per heavy atom. The molecule has 0 unspecified atom stereocenters. The first-order chi connectivity index (χ1) is 13.2. The standard InChI is InChI=1S/C20H19N5O2/c26-19(15-7-3-1-4-8-15)22-14-13-21-18-12-11-17(24-25-18)20(27)23-16-9-5-2-6-10-16/h1-12H,13-14H2,(H,21,25)(H,22,26)(H,23,27). The summed E-state index contributed by atoms with van der Waals surface area (Å²) < 4.78 is 0. The van der Waals surface area contributed by atoms with E-state index in [-0.39, 0.29) is 17.5 Å². The van der Waals surface area contributed by atoms with E-state index in [1.807, 2.05) is 36.4 Å². The number of carbonyl (C=O) groups is 2. The Bertz CT molecular complexity index is 883. The summed E-state index contributed by atoms with van der Waals surface area (Å²) in [6.07, 6.45) is 0. The van der Waals surface area contributed by atoms with Gasteiger partial charge < -0.3 is 16.0 Å². The van der Waals surface area contributed by atoms with Gasteiger partial charge in [-0.2, -0.15) is 0 Å². The van der Waals surface area contributed by atoms with Gasteiger partial charge in [-0.05, 0) is 36.4 Å². The molecule has 7 heteroatoms. The van der Waals surface area contributed by atoms with Crippen molar-refractivity contribution in [1.82, 2.24) is 15.5 Å². The van der Waals surface area contributed by atoms with Crippen molar-refractivity contribution in [2.24, 2.45) is 0 Å². The molecule has 3 rings (SSSR count). The Labute approximate surface area is 156 Å². The van der Waals surface area contributed by atoms with Crippen molar-refractivity contribution < 1.29 is 9.59 Å². The second-order valence-corrected chi connectivity index (χ2v) is 5.67. The number of hydrogen-bond donors (Lipinski definition) is 3. The van der Waals surface area contributed by atoms with Crippen LogP contribution in [0.15, 0.2) is 72.8 Å². The van der Waals surface area contributed by atoms with Crippen LogP contribution < -0.4 is 16.0 Å². The van der Waals surface area contributed by atoms with Crippen LogP contribution in [0, 0.1) is 0 Å². The van der Waals surface area contributed by atoms with E-state index < -0.39 is 0 Å². The molecule has 1 heterocycles. The fraction of sp³-hybridized carbons (Fsp3) is 0.100. The van der Waals surface area contributed by atoms with Gasteiger partial charge in [-0.25, -0.2) is 0 Å². The molecule has 27 heavy (non-hydrogen) atoms. The smallest absolute Gasteiger partial charge is 0.276 e. The van der Waals surface area contributed by atoms with Crippen molar-refractivity contribution in [3.63, 3.8) is 0 Å². The first-order valence-corrected chi connectivity index (χ1v) is 8.49. The Morgan fingerprint density at radius 3 is 2.11 bits per heavy atom. The van der Waals surface area contributed by atoms with Crippen molar-refractivity contribution >= 4 is 23.3 Å². The number of carbonyl (C=O) groups excluding carboxylic acids is 2. The van der Waals surface area contributed by atoms with Crippen LogP contribution in [0.1, 0.15) is 20.8 Å². The summed E-state index contributed by atoms with van der Waals surface area (Å²) in [6.45, 7) is 0.925. The minimum atomic E-state index is -0.324. The normalized spacial score (nSPS) is 10.1. The van der Waals surface area contributed by atoms with Crippen molar-refractivity contribution in [1.29, 1.82) is 0 Å². The van der Waals surface area contributed by atoms with Crippen LogP contribution in [0.25, 0.3) is 0 Å². The van der Waals surface area contributed by atoms with E-state index >= 15 is 0 Å². The maximum atomic E-state index is 12.1. The van der Waals surface area contributed by atoms with Crippen molar-refractivity contribution in [3.05, 3.63) is 84.1 Å². The van der Waals surface area contributed by atoms with Gasteiger partial charge in [-0.1, -0.05) is 36.4 Å². The number of para-hydroxylation sites is 1. The molecule has 0 bridgehead atoms. The summed E-state index contributed by atoms with van der Waals surface area (Å²) >= 11 is 0. The number of hydrogen-bond acceptors (Lipinski definition) is 5. The lowest BCUT2D eigenvalue weighted by atomic mass is 10.2. The predicted molar refractivity (Wildman–Crippen MR) is 104 cm³/mol. The number of benzene rings is 2. The third kappa shape index (κ3) is 5.37. The molecule has 3 N–H and O–H groups in total. The number of rotatable bonds is 7. The number of anilines is 2. The third-order valence-corrected chi connectivity index (χ3v) is 3.68. The molecule has 0 atom stereocenters. The maximum Gasteiger partial charge on any atom is 0.276 e. The van der Waals surface area contributed by atoms with Gasteiger partial charge in [0.1, 0.15) is 5.82 Å². The zero-order chi connectivity index (χ0) is 18.9. The molecule has 0 saturated heterocycles. The van der Waals surface area contributed by atoms with Crippen LogP contribution in [0.4, 0.5) is 11.5 Å². The molecule has 0 saturated carbocycles. The fourth-order valence-electron chi connectivity index (χ4n) is 2.32. The molecule has 136 valence electrons. The highest BCUT2D eigenvalue weighted by molar-refractivity contribution is 6.02. The second kappa shape index (κ2) is 9.10. The molecule has 0 fully saturated rings. The first-order valence-electron chi connectivity index (χ1n) is 8.49. The van der Waals surface area contributed by atoms with Gasteiger partial charge in [0.15, 0.2) is 5.69 Å². The van der Waals surface area contributed by atoms with Crippen LogP contribution in [0.2, 0.25) is 0 Å². The number of aromatic nitrogens is 2. The number of amides is 2. The van der Waals surface area contributed by atoms with Gasteiger partial charge in [-0.3, -0.25) is 9.59 Å². The molecular formula is C20H19N5O2. The van der Waals surface area contributed by atoms with E-state index in [1.54, 1.807) is 36.4 Å². The molecule has 0 aliphatic heterocycles. The highest BCUT2D eigenvalue weighted by Gasteiger charge is 2.08. The van der Waals surface area contributed by atoms with Gasteiger partial charge in [0.05, 0.1) is 0 Å². The summed E-state index contributed by atoms with van der Waals surface area (Å²) in [4.78, 5) is 24.0. The van der Waals surface area contributed by atoms with Gasteiger partial charge in [0.25, 0.3) is 11.8 Å². The zero-order valence-corrected chi connectivity index (χ0v) is 14.6. The molecule has 3 aromatic rings. The van der Waals surface area contributed by atoms with E-state index in [9.17, 15) is 9.59 Å². The van der Waals surface area contributed by atoms with E-state index in [0.29, 0.717) is 30.2 Å². The van der Waals surface area contributed by atoms with Crippen molar-refractivity contribution in [3.8, 4) is 0 Å². The van der Waals surface area contributed by atoms with E-state index in [4.69, 9.17) is 0 Å². The average Bonchev–Trinajstić information content (AvgIpc) is 2.73. The lowest BCUT2D eigenvalue weighted by Gasteiger charge is -2.08. The van der Waals surface area contributed by atoms with Crippen LogP contribution >= 0.6 is 0 Å². The molecule has 0 aliphatic carbocycles. The minimum absolute atomic E-state index is 0.128. The van der Waals surface area contributed by atoms with Gasteiger partial charge in [0.2, 0.25) is 0 Å². The van der Waals surface area contributed by atoms with Gasteiger partial charge in [-0.15, -0.1) is 10.2 Å². The molecular weight excluding hydrogens is 342 g/mol. The molecule has 2 aromatic carbocycles. The van der Waals surface area contributed by atoms with E-state index in [1.165, 1.54) is 0 Å². The maximum absolute atomic E-state index is 12.1. The molecule has 0 aliphatic rings. The fourth-order valence-corrected chi connectivity index (χ4v) is 2.32. The summed E-state index contributed by atoms with van der Waals surface area (Å²) in [5.74, 6) is 0.0759. The zero-order valence-electron chi connectivity index (χ0n) is 14.6. The van der Waals surface area contributed by atoms with Crippen molar-refractivity contribution in [2.45, 2.75) is 0 Å². The molecule has 0 radical (unpaired) electrons. The summed E-state index contributed by atoms with van der Waals surface area (Å²) in [7, 11) is 0. The Hall–Kier alpha value is -3.74. The molecule has 2 amide bonds. The summed E-state index contributed by atoms with van der Waals surface area (Å²) in [5, 5.41) is 16.5. The number of nitrogens with one attached hydrogen (secondary N) is 3. The topological polar surface area (TPSA) is 96.0 Å². The Morgan fingerprint density at radius 2 is 1.44 bits per heavy atom. The van der Waals surface area contributed by atoms with Crippen molar-refractivity contribution in [2.75, 3.05) is 23.7 Å².